The van der Waals surface area contributed by atoms with Crippen molar-refractivity contribution in [3.63, 3.8) is 0 Å². The van der Waals surface area contributed by atoms with Crippen molar-refractivity contribution in [1.82, 2.24) is 19.7 Å². The molecule has 21 heavy (non-hydrogen) atoms. The van der Waals surface area contributed by atoms with E-state index in [0.29, 0.717) is 10.6 Å². The summed E-state index contributed by atoms with van der Waals surface area (Å²) in [7, 11) is 3.14. The summed E-state index contributed by atoms with van der Waals surface area (Å²) < 4.78 is 1.02. The second-order valence-electron chi connectivity index (χ2n) is 4.36. The summed E-state index contributed by atoms with van der Waals surface area (Å²) in [5.41, 5.74) is 0.167. The molecule has 1 amide bonds. The molecular weight excluding hydrogens is 312 g/mol. The zero-order valence-electron chi connectivity index (χ0n) is 11.7. The summed E-state index contributed by atoms with van der Waals surface area (Å²) in [6, 6.07) is 6.17. The number of halogens is 1. The average molecular weight is 325 g/mol. The van der Waals surface area contributed by atoms with Crippen LogP contribution in [0.15, 0.2) is 34.2 Å². The minimum Gasteiger partial charge on any atom is -0.330 e. The Morgan fingerprint density at radius 1 is 1.24 bits per heavy atom. The van der Waals surface area contributed by atoms with E-state index >= 15 is 0 Å². The highest BCUT2D eigenvalue weighted by Crippen LogP contribution is 2.18. The SMILES string of the molecule is CSc1nnc(-c2ccc(Cl)cc2)c(=O)n1C(=O)N(C)C. The molecule has 8 heteroatoms. The Bertz CT molecular complexity index is 728. The van der Waals surface area contributed by atoms with E-state index in [2.05, 4.69) is 10.2 Å². The van der Waals surface area contributed by atoms with Crippen LogP contribution in [0.4, 0.5) is 4.79 Å². The van der Waals surface area contributed by atoms with E-state index in [1.807, 2.05) is 0 Å². The lowest BCUT2D eigenvalue weighted by atomic mass is 10.2. The van der Waals surface area contributed by atoms with E-state index in [1.54, 1.807) is 44.6 Å². The van der Waals surface area contributed by atoms with Gasteiger partial charge in [-0.25, -0.2) is 9.36 Å². The summed E-state index contributed by atoms with van der Waals surface area (Å²) in [4.78, 5) is 26.0. The Kier molecular flexibility index (Phi) is 4.64. The van der Waals surface area contributed by atoms with Gasteiger partial charge in [0.1, 0.15) is 0 Å². The molecular formula is C13H13ClN4O2S. The quantitative estimate of drug-likeness (QED) is 0.792. The van der Waals surface area contributed by atoms with Gasteiger partial charge in [-0.05, 0) is 18.4 Å². The smallest absolute Gasteiger partial charge is 0.330 e. The van der Waals surface area contributed by atoms with Crippen LogP contribution < -0.4 is 5.56 Å². The first-order valence-electron chi connectivity index (χ1n) is 5.97. The molecule has 0 aliphatic carbocycles. The fraction of sp³-hybridized carbons (Fsp3) is 0.231. The number of amides is 1. The highest BCUT2D eigenvalue weighted by molar-refractivity contribution is 7.98. The zero-order chi connectivity index (χ0) is 15.6. The van der Waals surface area contributed by atoms with Crippen LogP contribution >= 0.6 is 23.4 Å². The van der Waals surface area contributed by atoms with Crippen molar-refractivity contribution in [3.05, 3.63) is 39.6 Å². The molecule has 2 rings (SSSR count). The van der Waals surface area contributed by atoms with Crippen molar-refractivity contribution in [2.45, 2.75) is 5.16 Å². The third kappa shape index (κ3) is 3.08. The lowest BCUT2D eigenvalue weighted by Gasteiger charge is -2.14. The van der Waals surface area contributed by atoms with Crippen molar-refractivity contribution in [1.29, 1.82) is 0 Å². The fourth-order valence-corrected chi connectivity index (χ4v) is 2.25. The maximum absolute atomic E-state index is 12.5. The van der Waals surface area contributed by atoms with Gasteiger partial charge in [-0.15, -0.1) is 10.2 Å². The molecule has 0 aliphatic rings. The van der Waals surface area contributed by atoms with Gasteiger partial charge < -0.3 is 4.90 Å². The highest BCUT2D eigenvalue weighted by Gasteiger charge is 2.19. The molecule has 2 aromatic rings. The van der Waals surface area contributed by atoms with Gasteiger partial charge in [-0.1, -0.05) is 35.5 Å². The van der Waals surface area contributed by atoms with Gasteiger partial charge in [0.05, 0.1) is 0 Å². The van der Waals surface area contributed by atoms with E-state index in [1.165, 1.54) is 16.7 Å². The van der Waals surface area contributed by atoms with Crippen LogP contribution in [0.3, 0.4) is 0 Å². The molecule has 0 N–H and O–H groups in total. The molecule has 1 aromatic carbocycles. The van der Waals surface area contributed by atoms with E-state index < -0.39 is 11.6 Å². The van der Waals surface area contributed by atoms with Gasteiger partial charge >= 0.3 is 6.03 Å². The molecule has 0 bridgehead atoms. The van der Waals surface area contributed by atoms with E-state index in [0.717, 1.165) is 4.57 Å². The molecule has 0 spiro atoms. The number of nitrogens with zero attached hydrogens (tertiary/aromatic N) is 4. The standard InChI is InChI=1S/C13H13ClN4O2S/c1-17(2)13(20)18-11(19)10(15-16-12(18)21-3)8-4-6-9(14)7-5-8/h4-7H,1-3H3. The molecule has 0 saturated heterocycles. The summed E-state index contributed by atoms with van der Waals surface area (Å²) in [6.45, 7) is 0. The van der Waals surface area contributed by atoms with Gasteiger partial charge in [0.25, 0.3) is 5.56 Å². The predicted molar refractivity (Wildman–Crippen MR) is 83.0 cm³/mol. The molecule has 6 nitrogen and oxygen atoms in total. The Balaban J connectivity index is 2.65. The van der Waals surface area contributed by atoms with Crippen molar-refractivity contribution in [3.8, 4) is 11.3 Å². The zero-order valence-corrected chi connectivity index (χ0v) is 13.3. The van der Waals surface area contributed by atoms with Crippen LogP contribution in [0.5, 0.6) is 0 Å². The number of thioether (sulfide) groups is 1. The number of benzene rings is 1. The van der Waals surface area contributed by atoms with Gasteiger partial charge in [0, 0.05) is 24.7 Å². The summed E-state index contributed by atoms with van der Waals surface area (Å²) in [6.07, 6.45) is 1.73. The van der Waals surface area contributed by atoms with Gasteiger partial charge in [0.2, 0.25) is 5.16 Å². The van der Waals surface area contributed by atoms with Crippen molar-refractivity contribution in [2.75, 3.05) is 20.4 Å². The van der Waals surface area contributed by atoms with Crippen molar-refractivity contribution in [2.24, 2.45) is 0 Å². The third-order valence-electron chi connectivity index (χ3n) is 2.71. The topological polar surface area (TPSA) is 68.1 Å². The normalized spacial score (nSPS) is 10.5. The molecule has 1 aromatic heterocycles. The van der Waals surface area contributed by atoms with E-state index in [9.17, 15) is 9.59 Å². The number of aromatic nitrogens is 3. The molecule has 0 radical (unpaired) electrons. The largest absolute Gasteiger partial charge is 0.332 e. The lowest BCUT2D eigenvalue weighted by molar-refractivity contribution is 0.215. The first-order chi connectivity index (χ1) is 9.95. The number of rotatable bonds is 2. The fourth-order valence-electron chi connectivity index (χ4n) is 1.66. The maximum atomic E-state index is 12.5. The Labute approximate surface area is 130 Å². The van der Waals surface area contributed by atoms with Gasteiger partial charge in [-0.3, -0.25) is 4.79 Å². The second kappa shape index (κ2) is 6.28. The number of hydrogen-bond donors (Lipinski definition) is 0. The molecule has 0 atom stereocenters. The second-order valence-corrected chi connectivity index (χ2v) is 5.57. The van der Waals surface area contributed by atoms with Crippen LogP contribution in [0.1, 0.15) is 0 Å². The molecule has 0 aliphatic heterocycles. The average Bonchev–Trinajstić information content (AvgIpc) is 2.47. The van der Waals surface area contributed by atoms with Crippen LogP contribution in [0.25, 0.3) is 11.3 Å². The highest BCUT2D eigenvalue weighted by atomic mass is 35.5. The van der Waals surface area contributed by atoms with E-state index in [-0.39, 0.29) is 10.9 Å². The Hall–Kier alpha value is -1.86. The Morgan fingerprint density at radius 2 is 1.86 bits per heavy atom. The number of carbonyl (C=O) groups excluding carboxylic acids is 1. The van der Waals surface area contributed by atoms with Crippen molar-refractivity contribution >= 4 is 29.4 Å². The van der Waals surface area contributed by atoms with Crippen LogP contribution in [-0.4, -0.2) is 46.0 Å². The molecule has 1 heterocycles. The molecule has 0 fully saturated rings. The van der Waals surface area contributed by atoms with Gasteiger partial charge in [0.15, 0.2) is 5.69 Å². The number of carbonyl (C=O) groups is 1. The minimum absolute atomic E-state index is 0.111. The summed E-state index contributed by atoms with van der Waals surface area (Å²) in [5, 5.41) is 8.69. The maximum Gasteiger partial charge on any atom is 0.332 e. The summed E-state index contributed by atoms with van der Waals surface area (Å²) in [5.74, 6) is 0. The summed E-state index contributed by atoms with van der Waals surface area (Å²) >= 11 is 7.01. The minimum atomic E-state index is -0.504. The van der Waals surface area contributed by atoms with Crippen LogP contribution in [0.2, 0.25) is 5.02 Å². The molecule has 0 unspecified atom stereocenters. The van der Waals surface area contributed by atoms with Gasteiger partial charge in [-0.2, -0.15) is 0 Å². The first-order valence-corrected chi connectivity index (χ1v) is 7.57. The first kappa shape index (κ1) is 15.5. The Morgan fingerprint density at radius 3 is 2.38 bits per heavy atom. The van der Waals surface area contributed by atoms with Crippen LogP contribution in [0, 0.1) is 0 Å². The third-order valence-corrected chi connectivity index (χ3v) is 3.59. The van der Waals surface area contributed by atoms with E-state index in [4.69, 9.17) is 11.6 Å². The lowest BCUT2D eigenvalue weighted by Crippen LogP contribution is -2.38. The predicted octanol–water partition coefficient (Wildman–Crippen LogP) is 2.21. The number of hydrogen-bond acceptors (Lipinski definition) is 5. The molecule has 110 valence electrons. The monoisotopic (exact) mass is 324 g/mol. The van der Waals surface area contributed by atoms with Crippen molar-refractivity contribution < 1.29 is 4.79 Å². The molecule has 0 saturated carbocycles. The van der Waals surface area contributed by atoms with Crippen LogP contribution in [-0.2, 0) is 0 Å².